The van der Waals surface area contributed by atoms with E-state index in [1.54, 1.807) is 23.2 Å². The number of hydrogen-bond donors (Lipinski definition) is 0. The quantitative estimate of drug-likeness (QED) is 0.830. The van der Waals surface area contributed by atoms with Gasteiger partial charge in [0.2, 0.25) is 11.8 Å². The predicted molar refractivity (Wildman–Crippen MR) is 98.4 cm³/mol. The number of nitrogens with zero attached hydrogens (tertiary/aromatic N) is 4. The molecule has 2 amide bonds. The minimum atomic E-state index is -0.336. The molecular weight excluding hydrogens is 347 g/mol. The first kappa shape index (κ1) is 17.7. The summed E-state index contributed by atoms with van der Waals surface area (Å²) >= 11 is 0. The van der Waals surface area contributed by atoms with Gasteiger partial charge in [-0.25, -0.2) is 9.37 Å². The van der Waals surface area contributed by atoms with Gasteiger partial charge in [-0.2, -0.15) is 0 Å². The molecule has 1 aromatic carbocycles. The maximum Gasteiger partial charge on any atom is 0.228 e. The molecule has 2 aliphatic rings. The van der Waals surface area contributed by atoms with Crippen LogP contribution in [-0.4, -0.2) is 45.9 Å². The maximum atomic E-state index is 13.1. The molecule has 3 heterocycles. The van der Waals surface area contributed by atoms with Crippen LogP contribution in [0.3, 0.4) is 0 Å². The van der Waals surface area contributed by atoms with Gasteiger partial charge >= 0.3 is 0 Å². The number of benzene rings is 1. The number of aromatic nitrogens is 2. The molecule has 0 bridgehead atoms. The molecule has 7 heteroatoms. The summed E-state index contributed by atoms with van der Waals surface area (Å²) in [5.41, 5.74) is 0.649. The molecule has 1 atom stereocenters. The van der Waals surface area contributed by atoms with E-state index in [9.17, 15) is 14.0 Å². The van der Waals surface area contributed by atoms with Crippen LogP contribution in [0.15, 0.2) is 43.0 Å². The lowest BCUT2D eigenvalue weighted by atomic mass is 9.95. The Kier molecular flexibility index (Phi) is 4.92. The second-order valence-corrected chi connectivity index (χ2v) is 7.41. The summed E-state index contributed by atoms with van der Waals surface area (Å²) in [7, 11) is 0. The number of rotatable bonds is 4. The number of amides is 2. The first-order valence-electron chi connectivity index (χ1n) is 9.40. The number of piperidine rings is 1. The van der Waals surface area contributed by atoms with Gasteiger partial charge in [-0.1, -0.05) is 0 Å². The van der Waals surface area contributed by atoms with E-state index in [4.69, 9.17) is 0 Å². The molecule has 2 saturated heterocycles. The summed E-state index contributed by atoms with van der Waals surface area (Å²) in [6, 6.07) is 5.84. The van der Waals surface area contributed by atoms with Gasteiger partial charge < -0.3 is 14.4 Å². The second-order valence-electron chi connectivity index (χ2n) is 7.41. The van der Waals surface area contributed by atoms with E-state index in [0.29, 0.717) is 18.2 Å². The van der Waals surface area contributed by atoms with Gasteiger partial charge in [-0.3, -0.25) is 9.59 Å². The summed E-state index contributed by atoms with van der Waals surface area (Å²) in [6.45, 7) is 2.78. The predicted octanol–water partition coefficient (Wildman–Crippen LogP) is 2.31. The van der Waals surface area contributed by atoms with Crippen LogP contribution < -0.4 is 4.90 Å². The van der Waals surface area contributed by atoms with Gasteiger partial charge in [0.05, 0.1) is 12.2 Å². The molecule has 0 saturated carbocycles. The van der Waals surface area contributed by atoms with Crippen molar-refractivity contribution < 1.29 is 14.0 Å². The van der Waals surface area contributed by atoms with Crippen LogP contribution in [0.1, 0.15) is 19.3 Å². The van der Waals surface area contributed by atoms with Crippen molar-refractivity contribution in [1.29, 1.82) is 0 Å². The lowest BCUT2D eigenvalue weighted by Gasteiger charge is -2.33. The standard InChI is InChI=1S/C20H23FN4O2/c21-17-1-3-18(4-2-17)25-13-16(11-19(25)26)20(27)24-8-5-15(6-9-24)12-23-10-7-22-14-23/h1-4,7,10,14-16H,5-6,8-9,11-13H2. The minimum absolute atomic E-state index is 0.0639. The fourth-order valence-electron chi connectivity index (χ4n) is 4.03. The molecule has 6 nitrogen and oxygen atoms in total. The van der Waals surface area contributed by atoms with Gasteiger partial charge in [0.1, 0.15) is 5.82 Å². The minimum Gasteiger partial charge on any atom is -0.342 e. The van der Waals surface area contributed by atoms with Crippen LogP contribution in [0, 0.1) is 17.7 Å². The lowest BCUT2D eigenvalue weighted by molar-refractivity contribution is -0.137. The highest BCUT2D eigenvalue weighted by molar-refractivity contribution is 6.00. The molecule has 1 aromatic heterocycles. The third-order valence-corrected chi connectivity index (χ3v) is 5.57. The number of carbonyl (C=O) groups excluding carboxylic acids is 2. The number of anilines is 1. The van der Waals surface area contributed by atoms with E-state index in [-0.39, 0.29) is 30.0 Å². The Bertz CT molecular complexity index is 798. The molecule has 2 fully saturated rings. The van der Waals surface area contributed by atoms with Crippen molar-refractivity contribution >= 4 is 17.5 Å². The highest BCUT2D eigenvalue weighted by atomic mass is 19.1. The Morgan fingerprint density at radius 1 is 1.19 bits per heavy atom. The van der Waals surface area contributed by atoms with E-state index < -0.39 is 0 Å². The fraction of sp³-hybridized carbons (Fsp3) is 0.450. The van der Waals surface area contributed by atoms with E-state index >= 15 is 0 Å². The first-order chi connectivity index (χ1) is 13.1. The second kappa shape index (κ2) is 7.50. The molecule has 0 N–H and O–H groups in total. The van der Waals surface area contributed by atoms with E-state index in [1.165, 1.54) is 12.1 Å². The van der Waals surface area contributed by atoms with E-state index in [0.717, 1.165) is 32.5 Å². The fourth-order valence-corrected chi connectivity index (χ4v) is 4.03. The number of imidazole rings is 1. The third-order valence-electron chi connectivity index (χ3n) is 5.57. The van der Waals surface area contributed by atoms with Crippen LogP contribution in [0.4, 0.5) is 10.1 Å². The van der Waals surface area contributed by atoms with Crippen LogP contribution in [0.25, 0.3) is 0 Å². The molecule has 0 spiro atoms. The first-order valence-corrected chi connectivity index (χ1v) is 9.40. The van der Waals surface area contributed by atoms with Crippen LogP contribution in [0.5, 0.6) is 0 Å². The Morgan fingerprint density at radius 2 is 1.93 bits per heavy atom. The zero-order valence-electron chi connectivity index (χ0n) is 15.1. The van der Waals surface area contributed by atoms with Gasteiger partial charge in [-0.15, -0.1) is 0 Å². The smallest absolute Gasteiger partial charge is 0.228 e. The van der Waals surface area contributed by atoms with Gasteiger partial charge in [0.25, 0.3) is 0 Å². The number of likely N-dealkylation sites (tertiary alicyclic amines) is 1. The Morgan fingerprint density at radius 3 is 2.59 bits per heavy atom. The Hall–Kier alpha value is -2.70. The topological polar surface area (TPSA) is 58.4 Å². The monoisotopic (exact) mass is 370 g/mol. The molecule has 1 unspecified atom stereocenters. The summed E-state index contributed by atoms with van der Waals surface area (Å²) < 4.78 is 15.2. The van der Waals surface area contributed by atoms with Crippen molar-refractivity contribution in [3.05, 3.63) is 48.8 Å². The van der Waals surface area contributed by atoms with Crippen molar-refractivity contribution in [2.75, 3.05) is 24.5 Å². The van der Waals surface area contributed by atoms with Gasteiger partial charge in [-0.05, 0) is 43.0 Å². The Balaban J connectivity index is 1.32. The van der Waals surface area contributed by atoms with Crippen molar-refractivity contribution in [3.63, 3.8) is 0 Å². The molecule has 4 rings (SSSR count). The highest BCUT2D eigenvalue weighted by Crippen LogP contribution is 2.28. The number of halogens is 1. The summed E-state index contributed by atoms with van der Waals surface area (Å²) in [5, 5.41) is 0. The lowest BCUT2D eigenvalue weighted by Crippen LogP contribution is -2.43. The van der Waals surface area contributed by atoms with Crippen LogP contribution in [0.2, 0.25) is 0 Å². The van der Waals surface area contributed by atoms with Crippen LogP contribution >= 0.6 is 0 Å². The number of carbonyl (C=O) groups is 2. The number of hydrogen-bond acceptors (Lipinski definition) is 3. The highest BCUT2D eigenvalue weighted by Gasteiger charge is 2.38. The Labute approximate surface area is 157 Å². The van der Waals surface area contributed by atoms with E-state index in [1.807, 2.05) is 17.4 Å². The summed E-state index contributed by atoms with van der Waals surface area (Å²) in [5.74, 6) is -0.113. The molecular formula is C20H23FN4O2. The average molecular weight is 370 g/mol. The zero-order valence-corrected chi connectivity index (χ0v) is 15.1. The molecule has 0 aliphatic carbocycles. The molecule has 2 aliphatic heterocycles. The molecule has 2 aromatic rings. The van der Waals surface area contributed by atoms with Crippen LogP contribution in [-0.2, 0) is 16.1 Å². The summed E-state index contributed by atoms with van der Waals surface area (Å²) in [4.78, 5) is 32.8. The van der Waals surface area contributed by atoms with Crippen molar-refractivity contribution in [3.8, 4) is 0 Å². The maximum absolute atomic E-state index is 13.1. The van der Waals surface area contributed by atoms with Gasteiger partial charge in [0.15, 0.2) is 0 Å². The largest absolute Gasteiger partial charge is 0.342 e. The SMILES string of the molecule is O=C(C1CC(=O)N(c2ccc(F)cc2)C1)N1CCC(Cn2ccnc2)CC1. The average Bonchev–Trinajstić information content (AvgIpc) is 3.32. The molecule has 27 heavy (non-hydrogen) atoms. The van der Waals surface area contributed by atoms with Crippen molar-refractivity contribution in [1.82, 2.24) is 14.5 Å². The summed E-state index contributed by atoms with van der Waals surface area (Å²) in [6.07, 6.45) is 7.73. The van der Waals surface area contributed by atoms with E-state index in [2.05, 4.69) is 9.55 Å². The van der Waals surface area contributed by atoms with Crippen molar-refractivity contribution in [2.45, 2.75) is 25.8 Å². The molecule has 0 radical (unpaired) electrons. The van der Waals surface area contributed by atoms with Gasteiger partial charge in [0, 0.05) is 50.7 Å². The van der Waals surface area contributed by atoms with Crippen molar-refractivity contribution in [2.24, 2.45) is 11.8 Å². The third kappa shape index (κ3) is 3.86. The normalized spacial score (nSPS) is 21.1. The molecule has 142 valence electrons. The zero-order chi connectivity index (χ0) is 18.8.